The van der Waals surface area contributed by atoms with Crippen molar-refractivity contribution in [2.75, 3.05) is 11.1 Å². The number of anilines is 1. The minimum absolute atomic E-state index is 0.146. The molecule has 0 aliphatic rings. The maximum absolute atomic E-state index is 13.1. The smallest absolute Gasteiger partial charge is 0.253 e. The molecule has 1 aromatic heterocycles. The molecule has 2 amide bonds. The Labute approximate surface area is 232 Å². The van der Waals surface area contributed by atoms with E-state index in [4.69, 9.17) is 23.2 Å². The van der Waals surface area contributed by atoms with Crippen molar-refractivity contribution in [2.24, 2.45) is 5.92 Å². The van der Waals surface area contributed by atoms with Gasteiger partial charge in [-0.15, -0.1) is 16.8 Å². The van der Waals surface area contributed by atoms with E-state index >= 15 is 0 Å². The first-order chi connectivity index (χ1) is 17.6. The van der Waals surface area contributed by atoms with Crippen LogP contribution in [0.4, 0.5) is 5.69 Å². The van der Waals surface area contributed by atoms with Gasteiger partial charge < -0.3 is 15.2 Å². The number of benzene rings is 2. The lowest BCUT2D eigenvalue weighted by Gasteiger charge is -2.21. The van der Waals surface area contributed by atoms with Crippen molar-refractivity contribution < 1.29 is 9.59 Å². The first-order valence-corrected chi connectivity index (χ1v) is 13.6. The van der Waals surface area contributed by atoms with Crippen LogP contribution < -0.4 is 10.6 Å². The Balaban J connectivity index is 1.78. The van der Waals surface area contributed by atoms with E-state index in [9.17, 15) is 9.59 Å². The average Bonchev–Trinajstić information content (AvgIpc) is 3.22. The molecule has 0 spiro atoms. The Morgan fingerprint density at radius 2 is 1.86 bits per heavy atom. The van der Waals surface area contributed by atoms with E-state index in [0.717, 1.165) is 11.3 Å². The normalized spacial score (nSPS) is 11.9. The zero-order valence-corrected chi connectivity index (χ0v) is 23.7. The summed E-state index contributed by atoms with van der Waals surface area (Å²) in [5, 5.41) is 16.0. The van der Waals surface area contributed by atoms with Gasteiger partial charge in [-0.2, -0.15) is 0 Å². The molecule has 0 bridgehead atoms. The molecular formula is C27H31Cl2N5O2S. The molecule has 0 fully saturated rings. The Morgan fingerprint density at radius 1 is 1.11 bits per heavy atom. The number of amides is 2. The monoisotopic (exact) mass is 559 g/mol. The molecule has 0 unspecified atom stereocenters. The number of hydrogen-bond donors (Lipinski definition) is 2. The van der Waals surface area contributed by atoms with Gasteiger partial charge in [0.2, 0.25) is 5.91 Å². The molecule has 196 valence electrons. The quantitative estimate of drug-likeness (QED) is 0.203. The molecule has 10 heteroatoms. The third kappa shape index (κ3) is 7.84. The molecule has 37 heavy (non-hydrogen) atoms. The summed E-state index contributed by atoms with van der Waals surface area (Å²) >= 11 is 13.5. The number of nitrogens with one attached hydrogen (secondary N) is 2. The van der Waals surface area contributed by atoms with E-state index in [1.165, 1.54) is 23.4 Å². The number of halogens is 2. The number of aryl methyl sites for hydroxylation is 2. The molecule has 1 atom stereocenters. The summed E-state index contributed by atoms with van der Waals surface area (Å²) in [6.07, 6.45) is 2.36. The van der Waals surface area contributed by atoms with Crippen LogP contribution in [-0.2, 0) is 11.3 Å². The second kappa shape index (κ2) is 13.1. The van der Waals surface area contributed by atoms with Crippen LogP contribution in [0.15, 0.2) is 54.2 Å². The number of carbonyl (C=O) groups excluding carboxylic acids is 2. The lowest BCUT2D eigenvalue weighted by molar-refractivity contribution is -0.113. The highest BCUT2D eigenvalue weighted by Gasteiger charge is 2.25. The summed E-state index contributed by atoms with van der Waals surface area (Å²) in [5.41, 5.74) is 3.35. The number of nitrogens with zero attached hydrogens (tertiary/aromatic N) is 3. The maximum atomic E-state index is 13.1. The molecule has 2 aromatic carbocycles. The molecule has 0 saturated heterocycles. The fourth-order valence-corrected chi connectivity index (χ4v) is 4.97. The zero-order chi connectivity index (χ0) is 27.1. The summed E-state index contributed by atoms with van der Waals surface area (Å²) in [4.78, 5) is 25.7. The van der Waals surface area contributed by atoms with Gasteiger partial charge in [0.05, 0.1) is 22.4 Å². The van der Waals surface area contributed by atoms with Gasteiger partial charge in [-0.25, -0.2) is 0 Å². The Bertz CT molecular complexity index is 1290. The van der Waals surface area contributed by atoms with Crippen molar-refractivity contribution in [3.63, 3.8) is 0 Å². The molecule has 0 aliphatic carbocycles. The van der Waals surface area contributed by atoms with E-state index in [1.54, 1.807) is 18.2 Å². The minimum atomic E-state index is -0.426. The molecule has 0 aliphatic heterocycles. The number of aromatic nitrogens is 3. The molecule has 7 nitrogen and oxygen atoms in total. The second-order valence-electron chi connectivity index (χ2n) is 9.16. The predicted octanol–water partition coefficient (Wildman–Crippen LogP) is 6.64. The molecule has 2 N–H and O–H groups in total. The van der Waals surface area contributed by atoms with E-state index in [-0.39, 0.29) is 28.5 Å². The van der Waals surface area contributed by atoms with Gasteiger partial charge >= 0.3 is 0 Å². The second-order valence-corrected chi connectivity index (χ2v) is 10.9. The van der Waals surface area contributed by atoms with Crippen molar-refractivity contribution >= 4 is 52.5 Å². The maximum Gasteiger partial charge on any atom is 0.253 e. The Hall–Kier alpha value is -2.81. The van der Waals surface area contributed by atoms with E-state index in [0.29, 0.717) is 34.5 Å². The third-order valence-corrected chi connectivity index (χ3v) is 7.19. The lowest BCUT2D eigenvalue weighted by atomic mass is 10.0. The van der Waals surface area contributed by atoms with Crippen molar-refractivity contribution in [2.45, 2.75) is 51.9 Å². The number of rotatable bonds is 11. The fraction of sp³-hybridized carbons (Fsp3) is 0.333. The molecule has 0 saturated carbocycles. The molecule has 3 rings (SSSR count). The van der Waals surface area contributed by atoms with Crippen LogP contribution in [0.3, 0.4) is 0 Å². The van der Waals surface area contributed by atoms with Crippen LogP contribution >= 0.6 is 35.0 Å². The van der Waals surface area contributed by atoms with Crippen LogP contribution in [0.1, 0.15) is 53.6 Å². The van der Waals surface area contributed by atoms with Crippen LogP contribution in [-0.4, -0.2) is 32.3 Å². The topological polar surface area (TPSA) is 88.9 Å². The third-order valence-electron chi connectivity index (χ3n) is 5.68. The SMILES string of the molecule is C=CCn1c(SCC(=O)Nc2ccc(C)c(C)c2)nnc1[C@H](CC(C)C)NC(=O)c1ccc(Cl)cc1Cl. The number of thioether (sulfide) groups is 1. The van der Waals surface area contributed by atoms with Gasteiger partial charge in [0.15, 0.2) is 11.0 Å². The van der Waals surface area contributed by atoms with E-state index in [1.807, 2.05) is 36.6 Å². The number of carbonyl (C=O) groups is 2. The zero-order valence-electron chi connectivity index (χ0n) is 21.3. The fourth-order valence-electron chi connectivity index (χ4n) is 3.72. The standard InChI is InChI=1S/C27H31Cl2N5O2S/c1-6-11-34-25(23(12-16(2)3)31-26(36)21-10-8-19(28)14-22(21)29)32-33-27(34)37-15-24(35)30-20-9-7-17(4)18(5)13-20/h6-10,13-14,16,23H,1,11-12,15H2,2-5H3,(H,30,35)(H,31,36)/t23-/m0/s1. The Kier molecular flexibility index (Phi) is 10.2. The summed E-state index contributed by atoms with van der Waals surface area (Å²) in [5.74, 6) is 0.530. The minimum Gasteiger partial charge on any atom is -0.342 e. The van der Waals surface area contributed by atoms with Gasteiger partial charge in [0, 0.05) is 17.3 Å². The van der Waals surface area contributed by atoms with Crippen LogP contribution in [0.25, 0.3) is 0 Å². The van der Waals surface area contributed by atoms with Crippen molar-refractivity contribution in [3.05, 3.63) is 81.6 Å². The number of allylic oxidation sites excluding steroid dienone is 1. The average molecular weight is 561 g/mol. The van der Waals surface area contributed by atoms with Gasteiger partial charge in [-0.05, 0) is 67.6 Å². The summed E-state index contributed by atoms with van der Waals surface area (Å²) in [6.45, 7) is 12.4. The highest BCUT2D eigenvalue weighted by atomic mass is 35.5. The van der Waals surface area contributed by atoms with Gasteiger partial charge in [-0.1, -0.05) is 61.0 Å². The molecule has 3 aromatic rings. The summed E-state index contributed by atoms with van der Waals surface area (Å²) < 4.78 is 1.87. The van der Waals surface area contributed by atoms with Crippen molar-refractivity contribution in [3.8, 4) is 0 Å². The highest BCUT2D eigenvalue weighted by molar-refractivity contribution is 7.99. The van der Waals surface area contributed by atoms with Crippen molar-refractivity contribution in [1.82, 2.24) is 20.1 Å². The van der Waals surface area contributed by atoms with Gasteiger partial charge in [0.1, 0.15) is 0 Å². The van der Waals surface area contributed by atoms with Gasteiger partial charge in [-0.3, -0.25) is 9.59 Å². The largest absolute Gasteiger partial charge is 0.342 e. The van der Waals surface area contributed by atoms with E-state index < -0.39 is 6.04 Å². The number of hydrogen-bond acceptors (Lipinski definition) is 5. The van der Waals surface area contributed by atoms with Crippen LogP contribution in [0, 0.1) is 19.8 Å². The van der Waals surface area contributed by atoms with Crippen molar-refractivity contribution in [1.29, 1.82) is 0 Å². The first kappa shape index (κ1) is 28.8. The molecule has 1 heterocycles. The highest BCUT2D eigenvalue weighted by Crippen LogP contribution is 2.27. The van der Waals surface area contributed by atoms with Crippen LogP contribution in [0.2, 0.25) is 10.0 Å². The lowest BCUT2D eigenvalue weighted by Crippen LogP contribution is -2.32. The summed E-state index contributed by atoms with van der Waals surface area (Å²) in [7, 11) is 0. The summed E-state index contributed by atoms with van der Waals surface area (Å²) in [6, 6.07) is 10.1. The molecular weight excluding hydrogens is 529 g/mol. The van der Waals surface area contributed by atoms with Crippen LogP contribution in [0.5, 0.6) is 0 Å². The molecule has 0 radical (unpaired) electrons. The van der Waals surface area contributed by atoms with Gasteiger partial charge in [0.25, 0.3) is 5.91 Å². The Morgan fingerprint density at radius 3 is 2.51 bits per heavy atom. The predicted molar refractivity (Wildman–Crippen MR) is 152 cm³/mol. The first-order valence-electron chi connectivity index (χ1n) is 11.9. The van der Waals surface area contributed by atoms with E-state index in [2.05, 4.69) is 41.3 Å².